The highest BCUT2D eigenvalue weighted by Crippen LogP contribution is 2.22. The van der Waals surface area contributed by atoms with E-state index in [9.17, 15) is 38.7 Å². The number of unbranched alkanes of at least 4 members (excludes halogenated alkanes) is 1. The molecule has 1 saturated heterocycles. The molecule has 3 aromatic carbocycles. The van der Waals surface area contributed by atoms with Crippen LogP contribution in [0.25, 0.3) is 10.9 Å². The third-order valence-corrected chi connectivity index (χ3v) is 10.9. The number of carboxylic acids is 2. The molecular weight excluding hydrogens is 797 g/mol. The Hall–Kier alpha value is -6.59. The fourth-order valence-corrected chi connectivity index (χ4v) is 7.61. The number of aromatic amines is 1. The largest absolute Gasteiger partial charge is 0.481 e. The monoisotopic (exact) mass is 852 g/mol. The molecular formula is C45H56N8O9. The van der Waals surface area contributed by atoms with Gasteiger partial charge in [0.05, 0.1) is 6.04 Å². The first-order valence-electron chi connectivity index (χ1n) is 20.9. The van der Waals surface area contributed by atoms with Gasteiger partial charge in [0.1, 0.15) is 30.2 Å². The number of likely N-dealkylation sites (tertiary alicyclic amines) is 1. The zero-order valence-corrected chi connectivity index (χ0v) is 34.5. The molecule has 330 valence electrons. The SMILES string of the molecule is NCCCC[C@H](N)C(=O)N1CCC[C@H]1C(=O)N[C@@H](Cc1c[nH]c2ccccc12)C(=O)N[C@@H](Cc1ccccc1)C(=O)N[C@@H](Cc1ccccc1)C(=O)N[C@@H](CCC(=O)O)C(=O)O. The zero-order chi connectivity index (χ0) is 44.6. The summed E-state index contributed by atoms with van der Waals surface area (Å²) in [5.41, 5.74) is 14.7. The van der Waals surface area contributed by atoms with Gasteiger partial charge in [-0.15, -0.1) is 0 Å². The summed E-state index contributed by atoms with van der Waals surface area (Å²) in [5.74, 6) is -5.96. The minimum Gasteiger partial charge on any atom is -0.481 e. The van der Waals surface area contributed by atoms with Crippen LogP contribution in [0, 0.1) is 0 Å². The van der Waals surface area contributed by atoms with E-state index in [1.165, 1.54) is 4.90 Å². The van der Waals surface area contributed by atoms with Crippen LogP contribution in [0.3, 0.4) is 0 Å². The Morgan fingerprint density at radius 2 is 1.24 bits per heavy atom. The highest BCUT2D eigenvalue weighted by molar-refractivity contribution is 5.97. The number of nitrogens with two attached hydrogens (primary N) is 2. The Bertz CT molecular complexity index is 2170. The molecule has 11 N–H and O–H groups in total. The first-order chi connectivity index (χ1) is 29.8. The first-order valence-corrected chi connectivity index (χ1v) is 20.9. The molecule has 17 heteroatoms. The van der Waals surface area contributed by atoms with Crippen molar-refractivity contribution in [3.05, 3.63) is 108 Å². The number of rotatable bonds is 23. The quantitative estimate of drug-likeness (QED) is 0.0483. The zero-order valence-electron chi connectivity index (χ0n) is 34.5. The van der Waals surface area contributed by atoms with Crippen molar-refractivity contribution in [2.75, 3.05) is 13.1 Å². The molecule has 0 radical (unpaired) electrons. The van der Waals surface area contributed by atoms with Crippen molar-refractivity contribution in [3.8, 4) is 0 Å². The van der Waals surface area contributed by atoms with Gasteiger partial charge in [0.25, 0.3) is 0 Å². The van der Waals surface area contributed by atoms with Gasteiger partial charge in [-0.3, -0.25) is 28.8 Å². The normalized spacial score (nSPS) is 16.0. The van der Waals surface area contributed by atoms with E-state index in [4.69, 9.17) is 16.6 Å². The minimum atomic E-state index is -1.56. The third kappa shape index (κ3) is 13.2. The maximum Gasteiger partial charge on any atom is 0.326 e. The number of aromatic nitrogens is 1. The first kappa shape index (κ1) is 46.5. The van der Waals surface area contributed by atoms with Gasteiger partial charge in [0, 0.05) is 49.3 Å². The van der Waals surface area contributed by atoms with Gasteiger partial charge in [-0.2, -0.15) is 0 Å². The molecule has 5 amide bonds. The van der Waals surface area contributed by atoms with Crippen LogP contribution in [-0.4, -0.2) is 111 Å². The fraction of sp³-hybridized carbons (Fsp3) is 0.400. The average molecular weight is 853 g/mol. The van der Waals surface area contributed by atoms with Crippen molar-refractivity contribution in [3.63, 3.8) is 0 Å². The number of aliphatic carboxylic acids is 2. The number of carboxylic acid groups (broad SMARTS) is 2. The molecule has 1 fully saturated rings. The van der Waals surface area contributed by atoms with E-state index in [2.05, 4.69) is 26.3 Å². The second-order valence-corrected chi connectivity index (χ2v) is 15.5. The van der Waals surface area contributed by atoms with Crippen molar-refractivity contribution in [2.24, 2.45) is 11.5 Å². The van der Waals surface area contributed by atoms with Crippen LogP contribution < -0.4 is 32.7 Å². The van der Waals surface area contributed by atoms with Crippen molar-refractivity contribution < 1.29 is 43.8 Å². The van der Waals surface area contributed by atoms with Gasteiger partial charge < -0.3 is 52.8 Å². The van der Waals surface area contributed by atoms with Gasteiger partial charge >= 0.3 is 11.9 Å². The van der Waals surface area contributed by atoms with Gasteiger partial charge in [0.2, 0.25) is 29.5 Å². The van der Waals surface area contributed by atoms with Crippen LogP contribution in [0.2, 0.25) is 0 Å². The number of carbonyl (C=O) groups excluding carboxylic acids is 5. The standard InChI is InChI=1S/C45H56N8O9/c46-22-10-9-17-32(47)44(60)53-23-11-19-38(53)43(59)52-37(26-30-27-48-33-18-8-7-16-31(30)33)42(58)51-36(25-29-14-5-2-6-15-29)41(57)50-35(24-28-12-3-1-4-13-28)40(56)49-34(45(61)62)20-21-39(54)55/h1-8,12-16,18,27,32,34-38,48H,9-11,17,19-26,46-47H2,(H,49,56)(H,50,57)(H,51,58)(H,52,59)(H,54,55)(H,61,62)/t32-,34-,35-,36-,37-,38-/m0/s1. The second-order valence-electron chi connectivity index (χ2n) is 15.5. The van der Waals surface area contributed by atoms with Crippen LogP contribution in [0.5, 0.6) is 0 Å². The van der Waals surface area contributed by atoms with Crippen LogP contribution >= 0.6 is 0 Å². The van der Waals surface area contributed by atoms with Gasteiger partial charge in [-0.05, 0) is 61.4 Å². The van der Waals surface area contributed by atoms with Crippen molar-refractivity contribution in [1.82, 2.24) is 31.2 Å². The third-order valence-electron chi connectivity index (χ3n) is 10.9. The summed E-state index contributed by atoms with van der Waals surface area (Å²) in [5, 5.41) is 30.5. The van der Waals surface area contributed by atoms with Crippen LogP contribution in [0.1, 0.15) is 61.6 Å². The predicted octanol–water partition coefficient (Wildman–Crippen LogP) is 1.53. The lowest BCUT2D eigenvalue weighted by Crippen LogP contribution is -2.60. The van der Waals surface area contributed by atoms with Gasteiger partial charge in [-0.25, -0.2) is 4.79 Å². The number of benzene rings is 3. The smallest absolute Gasteiger partial charge is 0.326 e. The minimum absolute atomic E-state index is 0.00644. The van der Waals surface area contributed by atoms with Crippen molar-refractivity contribution in [2.45, 2.75) is 100 Å². The maximum absolute atomic E-state index is 14.6. The van der Waals surface area contributed by atoms with E-state index in [1.807, 2.05) is 24.3 Å². The summed E-state index contributed by atoms with van der Waals surface area (Å²) in [6, 6.07) is 17.8. The van der Waals surface area contributed by atoms with E-state index in [0.29, 0.717) is 61.9 Å². The molecule has 0 spiro atoms. The van der Waals surface area contributed by atoms with Crippen LogP contribution in [-0.2, 0) is 52.8 Å². The molecule has 0 aliphatic carbocycles. The van der Waals surface area contributed by atoms with Crippen LogP contribution in [0.4, 0.5) is 0 Å². The Morgan fingerprint density at radius 3 is 1.81 bits per heavy atom. The molecule has 1 aromatic heterocycles. The number of nitrogens with zero attached hydrogens (tertiary/aromatic N) is 1. The molecule has 5 rings (SSSR count). The lowest BCUT2D eigenvalue weighted by atomic mass is 10.00. The molecule has 0 bridgehead atoms. The lowest BCUT2D eigenvalue weighted by molar-refractivity contribution is -0.143. The Balaban J connectivity index is 1.42. The highest BCUT2D eigenvalue weighted by Gasteiger charge is 2.38. The Morgan fingerprint density at radius 1 is 0.694 bits per heavy atom. The lowest BCUT2D eigenvalue weighted by Gasteiger charge is -2.29. The number of carbonyl (C=O) groups is 7. The molecule has 62 heavy (non-hydrogen) atoms. The van der Waals surface area contributed by atoms with Crippen molar-refractivity contribution >= 4 is 52.4 Å². The number of amides is 5. The Kier molecular flexibility index (Phi) is 17.1. The molecule has 1 aliphatic heterocycles. The number of H-pyrrole nitrogens is 1. The van der Waals surface area contributed by atoms with E-state index in [-0.39, 0.29) is 25.2 Å². The van der Waals surface area contributed by atoms with E-state index >= 15 is 0 Å². The highest BCUT2D eigenvalue weighted by atomic mass is 16.4. The fourth-order valence-electron chi connectivity index (χ4n) is 7.61. The molecule has 1 aliphatic rings. The summed E-state index contributed by atoms with van der Waals surface area (Å²) in [6.45, 7) is 0.793. The molecule has 2 heterocycles. The molecule has 6 atom stereocenters. The van der Waals surface area contributed by atoms with E-state index in [0.717, 1.165) is 10.9 Å². The molecule has 4 aromatic rings. The van der Waals surface area contributed by atoms with Crippen molar-refractivity contribution in [1.29, 1.82) is 0 Å². The number of para-hydroxylation sites is 1. The summed E-state index contributed by atoms with van der Waals surface area (Å²) < 4.78 is 0. The Labute approximate surface area is 359 Å². The molecule has 0 saturated carbocycles. The van der Waals surface area contributed by atoms with E-state index < -0.39 is 84.7 Å². The molecule has 17 nitrogen and oxygen atoms in total. The second kappa shape index (κ2) is 22.9. The number of nitrogens with one attached hydrogen (secondary N) is 5. The van der Waals surface area contributed by atoms with Crippen LogP contribution in [0.15, 0.2) is 91.1 Å². The summed E-state index contributed by atoms with van der Waals surface area (Å²) in [6.07, 6.45) is 3.43. The summed E-state index contributed by atoms with van der Waals surface area (Å²) >= 11 is 0. The molecule has 0 unspecified atom stereocenters. The predicted molar refractivity (Wildman–Crippen MR) is 230 cm³/mol. The maximum atomic E-state index is 14.6. The average Bonchev–Trinajstić information content (AvgIpc) is 3.92. The summed E-state index contributed by atoms with van der Waals surface area (Å²) in [4.78, 5) is 98.2. The summed E-state index contributed by atoms with van der Waals surface area (Å²) in [7, 11) is 0. The van der Waals surface area contributed by atoms with Gasteiger partial charge in [0.15, 0.2) is 0 Å². The number of fused-ring (bicyclic) bond motifs is 1. The van der Waals surface area contributed by atoms with E-state index in [1.54, 1.807) is 66.9 Å². The number of hydrogen-bond acceptors (Lipinski definition) is 9. The topological polar surface area (TPSA) is 279 Å². The van der Waals surface area contributed by atoms with Gasteiger partial charge in [-0.1, -0.05) is 85.3 Å². The number of hydrogen-bond donors (Lipinski definition) is 9.